The number of likely N-dealkylation sites (tertiary alicyclic amines) is 1. The first-order chi connectivity index (χ1) is 12.9. The summed E-state index contributed by atoms with van der Waals surface area (Å²) < 4.78 is 10.7. The topological polar surface area (TPSA) is 75.8 Å². The highest BCUT2D eigenvalue weighted by molar-refractivity contribution is 5.76. The number of carbonyl (C=O) groups excluding carboxylic acids is 1. The molecule has 0 bridgehead atoms. The second-order valence-corrected chi connectivity index (χ2v) is 7.58. The summed E-state index contributed by atoms with van der Waals surface area (Å²) in [5, 5.41) is 14.8. The van der Waals surface area contributed by atoms with E-state index in [1.54, 1.807) is 6.07 Å². The van der Waals surface area contributed by atoms with Gasteiger partial charge in [0, 0.05) is 32.0 Å². The second kappa shape index (κ2) is 8.13. The fraction of sp³-hybridized carbons (Fsp3) is 0.524. The minimum absolute atomic E-state index is 0.0325. The van der Waals surface area contributed by atoms with E-state index in [9.17, 15) is 9.90 Å². The van der Waals surface area contributed by atoms with Crippen LogP contribution in [0.3, 0.4) is 0 Å². The quantitative estimate of drug-likeness (QED) is 0.843. The predicted octanol–water partition coefficient (Wildman–Crippen LogP) is 3.21. The van der Waals surface area contributed by atoms with Crippen LogP contribution in [0.15, 0.2) is 34.9 Å². The maximum Gasteiger partial charge on any atom is 0.254 e. The van der Waals surface area contributed by atoms with Crippen molar-refractivity contribution in [2.45, 2.75) is 58.2 Å². The fourth-order valence-corrected chi connectivity index (χ4v) is 3.45. The Morgan fingerprint density at radius 1 is 1.33 bits per heavy atom. The minimum atomic E-state index is -0.850. The average Bonchev–Trinajstić information content (AvgIpc) is 3.07. The molecule has 0 atom stereocenters. The minimum Gasteiger partial charge on any atom is -0.473 e. The Labute approximate surface area is 160 Å². The van der Waals surface area contributed by atoms with Crippen molar-refractivity contribution in [3.63, 3.8) is 0 Å². The highest BCUT2D eigenvalue weighted by atomic mass is 16.5. The van der Waals surface area contributed by atoms with E-state index >= 15 is 0 Å². The Bertz CT molecular complexity index is 776. The first-order valence-corrected chi connectivity index (χ1v) is 9.55. The third-order valence-electron chi connectivity index (χ3n) is 4.98. The Morgan fingerprint density at radius 2 is 2.07 bits per heavy atom. The van der Waals surface area contributed by atoms with Gasteiger partial charge in [-0.05, 0) is 44.3 Å². The van der Waals surface area contributed by atoms with Gasteiger partial charge in [-0.2, -0.15) is 0 Å². The van der Waals surface area contributed by atoms with Crippen LogP contribution in [0.1, 0.15) is 50.0 Å². The third kappa shape index (κ3) is 4.89. The van der Waals surface area contributed by atoms with Gasteiger partial charge < -0.3 is 19.3 Å². The molecule has 0 saturated carbocycles. The van der Waals surface area contributed by atoms with Crippen molar-refractivity contribution in [2.75, 3.05) is 13.1 Å². The van der Waals surface area contributed by atoms with Crippen molar-refractivity contribution in [1.82, 2.24) is 10.1 Å². The molecule has 1 N–H and O–H groups in total. The largest absolute Gasteiger partial charge is 0.473 e. The summed E-state index contributed by atoms with van der Waals surface area (Å²) in [5.74, 6) is 1.17. The normalized spacial score (nSPS) is 16.6. The van der Waals surface area contributed by atoms with Gasteiger partial charge in [0.25, 0.3) is 5.88 Å². The molecule has 27 heavy (non-hydrogen) atoms. The van der Waals surface area contributed by atoms with Crippen LogP contribution in [0.5, 0.6) is 5.88 Å². The molecule has 6 nitrogen and oxygen atoms in total. The standard InChI is InChI=1S/C21H28N2O4/c1-15(2)26-19-14-18(27-22-19)7-8-20(24)23-11-9-21(25,10-12-23)17-6-4-5-16(3)13-17/h4-6,13-15,25H,7-12H2,1-3H3. The van der Waals surface area contributed by atoms with E-state index < -0.39 is 5.60 Å². The molecule has 0 unspecified atom stereocenters. The van der Waals surface area contributed by atoms with Crippen LogP contribution < -0.4 is 4.74 Å². The highest BCUT2D eigenvalue weighted by Gasteiger charge is 2.35. The number of benzene rings is 1. The number of carbonyl (C=O) groups is 1. The van der Waals surface area contributed by atoms with Crippen molar-refractivity contribution < 1.29 is 19.2 Å². The second-order valence-electron chi connectivity index (χ2n) is 7.58. The summed E-state index contributed by atoms with van der Waals surface area (Å²) >= 11 is 0. The van der Waals surface area contributed by atoms with Gasteiger partial charge in [0.2, 0.25) is 5.91 Å². The summed E-state index contributed by atoms with van der Waals surface area (Å²) in [5.41, 5.74) is 1.22. The number of piperidine rings is 1. The van der Waals surface area contributed by atoms with Crippen LogP contribution in [0.4, 0.5) is 0 Å². The number of aliphatic hydroxyl groups is 1. The molecule has 1 fully saturated rings. The molecule has 2 heterocycles. The fourth-order valence-electron chi connectivity index (χ4n) is 3.45. The monoisotopic (exact) mass is 372 g/mol. The number of aryl methyl sites for hydroxylation is 2. The van der Waals surface area contributed by atoms with Crippen molar-refractivity contribution >= 4 is 5.91 Å². The van der Waals surface area contributed by atoms with Crippen molar-refractivity contribution in [3.05, 3.63) is 47.2 Å². The Morgan fingerprint density at radius 3 is 2.74 bits per heavy atom. The molecule has 1 aliphatic rings. The van der Waals surface area contributed by atoms with Gasteiger partial charge in [0.1, 0.15) is 5.76 Å². The number of ether oxygens (including phenoxy) is 1. The molecule has 3 rings (SSSR count). The molecular weight excluding hydrogens is 344 g/mol. The number of amides is 1. The van der Waals surface area contributed by atoms with Gasteiger partial charge in [-0.1, -0.05) is 29.8 Å². The summed E-state index contributed by atoms with van der Waals surface area (Å²) in [6, 6.07) is 9.71. The lowest BCUT2D eigenvalue weighted by Gasteiger charge is -2.38. The highest BCUT2D eigenvalue weighted by Crippen LogP contribution is 2.33. The van der Waals surface area contributed by atoms with E-state index in [2.05, 4.69) is 5.16 Å². The van der Waals surface area contributed by atoms with Crippen LogP contribution >= 0.6 is 0 Å². The first-order valence-electron chi connectivity index (χ1n) is 9.55. The van der Waals surface area contributed by atoms with Gasteiger partial charge in [-0.15, -0.1) is 0 Å². The van der Waals surface area contributed by atoms with Gasteiger partial charge >= 0.3 is 0 Å². The molecule has 1 aliphatic heterocycles. The molecule has 2 aromatic rings. The predicted molar refractivity (Wildman–Crippen MR) is 101 cm³/mol. The summed E-state index contributed by atoms with van der Waals surface area (Å²) in [4.78, 5) is 14.3. The van der Waals surface area contributed by atoms with Crippen LogP contribution in [-0.4, -0.2) is 40.3 Å². The van der Waals surface area contributed by atoms with E-state index in [0.717, 1.165) is 11.1 Å². The number of rotatable bonds is 6. The average molecular weight is 372 g/mol. The van der Waals surface area contributed by atoms with Crippen LogP contribution in [0.25, 0.3) is 0 Å². The Balaban J connectivity index is 1.50. The molecule has 0 aliphatic carbocycles. The van der Waals surface area contributed by atoms with Crippen LogP contribution in [-0.2, 0) is 16.8 Å². The maximum atomic E-state index is 12.5. The summed E-state index contributed by atoms with van der Waals surface area (Å²) in [7, 11) is 0. The molecule has 146 valence electrons. The smallest absolute Gasteiger partial charge is 0.254 e. The summed E-state index contributed by atoms with van der Waals surface area (Å²) in [6.45, 7) is 6.98. The zero-order valence-corrected chi connectivity index (χ0v) is 16.3. The molecule has 0 spiro atoms. The molecule has 6 heteroatoms. The van der Waals surface area contributed by atoms with E-state index in [1.807, 2.05) is 49.9 Å². The van der Waals surface area contributed by atoms with E-state index in [4.69, 9.17) is 9.26 Å². The zero-order valence-electron chi connectivity index (χ0n) is 16.3. The van der Waals surface area contributed by atoms with Crippen molar-refractivity contribution in [3.8, 4) is 5.88 Å². The van der Waals surface area contributed by atoms with Gasteiger partial charge in [-0.25, -0.2) is 0 Å². The van der Waals surface area contributed by atoms with Crippen molar-refractivity contribution in [1.29, 1.82) is 0 Å². The van der Waals surface area contributed by atoms with Crippen LogP contribution in [0, 0.1) is 6.92 Å². The number of hydrogen-bond acceptors (Lipinski definition) is 5. The van der Waals surface area contributed by atoms with Crippen molar-refractivity contribution in [2.24, 2.45) is 0 Å². The number of aromatic nitrogens is 1. The number of nitrogens with zero attached hydrogens (tertiary/aromatic N) is 2. The van der Waals surface area contributed by atoms with E-state index in [1.165, 1.54) is 0 Å². The van der Waals surface area contributed by atoms with Gasteiger partial charge in [0.05, 0.1) is 11.7 Å². The third-order valence-corrected chi connectivity index (χ3v) is 4.98. The Kier molecular flexibility index (Phi) is 5.85. The lowest BCUT2D eigenvalue weighted by atomic mass is 9.84. The molecule has 1 aromatic carbocycles. The molecule has 1 aromatic heterocycles. The summed E-state index contributed by atoms with van der Waals surface area (Å²) in [6.07, 6.45) is 1.99. The van der Waals surface area contributed by atoms with Gasteiger partial charge in [-0.3, -0.25) is 4.79 Å². The first kappa shape index (κ1) is 19.4. The molecule has 1 amide bonds. The molecule has 0 radical (unpaired) electrons. The SMILES string of the molecule is Cc1cccc(C2(O)CCN(C(=O)CCc3cc(OC(C)C)no3)CC2)c1. The lowest BCUT2D eigenvalue weighted by Crippen LogP contribution is -2.45. The lowest BCUT2D eigenvalue weighted by molar-refractivity contribution is -0.135. The van der Waals surface area contributed by atoms with E-state index in [0.29, 0.717) is 50.4 Å². The zero-order chi connectivity index (χ0) is 19.4. The van der Waals surface area contributed by atoms with Crippen LogP contribution in [0.2, 0.25) is 0 Å². The van der Waals surface area contributed by atoms with Gasteiger partial charge in [0.15, 0.2) is 0 Å². The molecule has 1 saturated heterocycles. The Hall–Kier alpha value is -2.34. The van der Waals surface area contributed by atoms with E-state index in [-0.39, 0.29) is 12.0 Å². The molecular formula is C21H28N2O4. The number of hydrogen-bond donors (Lipinski definition) is 1. The maximum absolute atomic E-state index is 12.5.